The van der Waals surface area contributed by atoms with E-state index >= 15 is 0 Å². The lowest BCUT2D eigenvalue weighted by molar-refractivity contribution is -0.274. The molecule has 34 heavy (non-hydrogen) atoms. The number of amides is 2. The summed E-state index contributed by atoms with van der Waals surface area (Å²) >= 11 is 9.27. The second kappa shape index (κ2) is 11.4. The van der Waals surface area contributed by atoms with E-state index in [9.17, 15) is 35.9 Å². The minimum absolute atomic E-state index is 0.0522. The Morgan fingerprint density at radius 2 is 1.76 bits per heavy atom. The lowest BCUT2D eigenvalue weighted by Crippen LogP contribution is -2.44. The molecule has 0 saturated heterocycles. The van der Waals surface area contributed by atoms with Gasteiger partial charge in [-0.15, -0.1) is 0 Å². The van der Waals surface area contributed by atoms with Crippen molar-refractivity contribution >= 4 is 63.5 Å². The monoisotopic (exact) mass is 638 g/mol. The first-order valence-electron chi connectivity index (χ1n) is 9.47. The Hall–Kier alpha value is -1.67. The van der Waals surface area contributed by atoms with Crippen LogP contribution in [-0.4, -0.2) is 42.5 Å². The van der Waals surface area contributed by atoms with Crippen LogP contribution < -0.4 is 10.6 Å². The Morgan fingerprint density at radius 1 is 1.12 bits per heavy atom. The van der Waals surface area contributed by atoms with Crippen LogP contribution in [0.25, 0.3) is 0 Å². The molecular weight excluding hydrogens is 621 g/mol. The molecule has 0 aromatic heterocycles. The number of benzene rings is 2. The van der Waals surface area contributed by atoms with E-state index in [1.54, 1.807) is 13.0 Å². The molecular formula is C21H18ClF6IN2O2S. The van der Waals surface area contributed by atoms with E-state index in [2.05, 4.69) is 10.6 Å². The molecule has 0 aliphatic heterocycles. The van der Waals surface area contributed by atoms with E-state index in [0.29, 0.717) is 21.5 Å². The lowest BCUT2D eigenvalue weighted by Gasteiger charge is -2.27. The summed E-state index contributed by atoms with van der Waals surface area (Å²) in [6, 6.07) is 5.92. The highest BCUT2D eigenvalue weighted by Crippen LogP contribution is 2.48. The lowest BCUT2D eigenvalue weighted by atomic mass is 9.95. The number of carbonyl (C=O) groups is 2. The number of halogens is 8. The molecule has 0 aliphatic carbocycles. The van der Waals surface area contributed by atoms with E-state index in [1.165, 1.54) is 23.9 Å². The zero-order valence-electron chi connectivity index (χ0n) is 17.6. The molecule has 0 radical (unpaired) electrons. The van der Waals surface area contributed by atoms with Crippen LogP contribution in [0.3, 0.4) is 0 Å². The molecule has 2 aromatic carbocycles. The molecule has 2 amide bonds. The first kappa shape index (κ1) is 28.6. The topological polar surface area (TPSA) is 58.2 Å². The molecule has 2 aromatic rings. The second-order valence-corrected chi connectivity index (χ2v) is 9.63. The summed E-state index contributed by atoms with van der Waals surface area (Å²) in [6.07, 6.45) is -8.43. The molecule has 0 bridgehead atoms. The van der Waals surface area contributed by atoms with Gasteiger partial charge in [0.25, 0.3) is 23.9 Å². The van der Waals surface area contributed by atoms with Crippen molar-refractivity contribution in [1.82, 2.24) is 5.32 Å². The van der Waals surface area contributed by atoms with Crippen LogP contribution in [0.15, 0.2) is 36.4 Å². The van der Waals surface area contributed by atoms with Gasteiger partial charge in [-0.25, -0.2) is 13.2 Å². The molecule has 1 unspecified atom stereocenters. The first-order valence-corrected chi connectivity index (χ1v) is 12.3. The molecule has 186 valence electrons. The molecule has 0 heterocycles. The Balaban J connectivity index is 2.37. The fourth-order valence-electron chi connectivity index (χ4n) is 2.98. The summed E-state index contributed by atoms with van der Waals surface area (Å²) in [7, 11) is 0. The summed E-state index contributed by atoms with van der Waals surface area (Å²) < 4.78 is 79.7. The number of carbonyl (C=O) groups excluding carboxylic acids is 2. The highest BCUT2D eigenvalue weighted by atomic mass is 127. The minimum atomic E-state index is -5.90. The van der Waals surface area contributed by atoms with Crippen molar-refractivity contribution in [2.24, 2.45) is 0 Å². The molecule has 13 heteroatoms. The summed E-state index contributed by atoms with van der Waals surface area (Å²) in [4.78, 5) is 25.6. The van der Waals surface area contributed by atoms with Gasteiger partial charge in [0, 0.05) is 20.9 Å². The van der Waals surface area contributed by atoms with Gasteiger partial charge in [0.15, 0.2) is 0 Å². The Labute approximate surface area is 214 Å². The molecule has 2 atom stereocenters. The van der Waals surface area contributed by atoms with Gasteiger partial charge in [-0.2, -0.15) is 24.9 Å². The van der Waals surface area contributed by atoms with E-state index < -0.39 is 40.7 Å². The largest absolute Gasteiger partial charge is 0.432 e. The molecule has 2 rings (SSSR count). The number of hydrogen-bond acceptors (Lipinski definition) is 3. The van der Waals surface area contributed by atoms with E-state index in [0.717, 1.165) is 6.07 Å². The molecule has 0 fully saturated rings. The predicted octanol–water partition coefficient (Wildman–Crippen LogP) is 6.67. The Morgan fingerprint density at radius 3 is 2.29 bits per heavy atom. The van der Waals surface area contributed by atoms with Gasteiger partial charge in [-0.1, -0.05) is 23.7 Å². The average Bonchev–Trinajstić information content (AvgIpc) is 2.73. The van der Waals surface area contributed by atoms with Gasteiger partial charge >= 0.3 is 6.18 Å². The van der Waals surface area contributed by atoms with Gasteiger partial charge < -0.3 is 10.6 Å². The van der Waals surface area contributed by atoms with Gasteiger partial charge in [-0.3, -0.25) is 9.59 Å². The highest BCUT2D eigenvalue weighted by Gasteiger charge is 2.64. The van der Waals surface area contributed by atoms with Crippen LogP contribution in [0.4, 0.5) is 32.0 Å². The number of thioether (sulfide) groups is 1. The number of hydrogen-bond donors (Lipinski definition) is 2. The zero-order chi connectivity index (χ0) is 25.8. The molecule has 0 spiro atoms. The van der Waals surface area contributed by atoms with Crippen molar-refractivity contribution in [3.8, 4) is 0 Å². The first-order chi connectivity index (χ1) is 15.7. The fraction of sp³-hybridized carbons (Fsp3) is 0.333. The van der Waals surface area contributed by atoms with Crippen molar-refractivity contribution in [2.75, 3.05) is 17.3 Å². The van der Waals surface area contributed by atoms with Crippen LogP contribution in [-0.2, 0) is 5.67 Å². The number of nitrogens with one attached hydrogen (secondary N) is 2. The van der Waals surface area contributed by atoms with Crippen molar-refractivity contribution in [1.29, 1.82) is 0 Å². The quantitative estimate of drug-likeness (QED) is 0.251. The van der Waals surface area contributed by atoms with Crippen LogP contribution in [0, 0.1) is 3.57 Å². The normalized spacial score (nSPS) is 14.4. The standard InChI is InChI=1S/C21H18ClF6IN2O2S/c1-10(9-34-2)30-18(33)16-12(4-3-5-14(16)29)17(32)31-15-7-6-11(8-13(15)22)20(25,19(23)24)21(26,27)28/h3-8,10,19H,9H2,1-2H3,(H,30,33)(H,31,32)/t10-,20?/m0/s1. The maximum absolute atomic E-state index is 14.3. The maximum atomic E-state index is 14.3. The smallest absolute Gasteiger partial charge is 0.349 e. The van der Waals surface area contributed by atoms with Crippen LogP contribution in [0.1, 0.15) is 33.2 Å². The molecule has 4 nitrogen and oxygen atoms in total. The van der Waals surface area contributed by atoms with Gasteiger partial charge in [0.1, 0.15) is 0 Å². The van der Waals surface area contributed by atoms with Gasteiger partial charge in [0.05, 0.1) is 21.8 Å². The van der Waals surface area contributed by atoms with Crippen molar-refractivity contribution in [2.45, 2.75) is 31.2 Å². The van der Waals surface area contributed by atoms with Crippen LogP contribution >= 0.6 is 46.0 Å². The molecule has 0 saturated carbocycles. The predicted molar refractivity (Wildman–Crippen MR) is 129 cm³/mol. The summed E-state index contributed by atoms with van der Waals surface area (Å²) in [5.74, 6) is -0.708. The fourth-order valence-corrected chi connectivity index (χ4v) is 4.53. The third-order valence-electron chi connectivity index (χ3n) is 4.63. The van der Waals surface area contributed by atoms with Gasteiger partial charge in [0.2, 0.25) is 0 Å². The SMILES string of the molecule is CSC[C@H](C)NC(=O)c1c(I)cccc1C(=O)Nc1ccc(C(F)(C(F)F)C(F)(F)F)cc1Cl. The second-order valence-electron chi connectivity index (χ2n) is 7.15. The Kier molecular flexibility index (Phi) is 9.56. The Bertz CT molecular complexity index is 1070. The third kappa shape index (κ3) is 6.11. The van der Waals surface area contributed by atoms with E-state index in [4.69, 9.17) is 11.6 Å². The van der Waals surface area contributed by atoms with E-state index in [1.807, 2.05) is 28.8 Å². The average molecular weight is 639 g/mol. The van der Waals surface area contributed by atoms with Crippen LogP contribution in [0.2, 0.25) is 5.02 Å². The molecule has 2 N–H and O–H groups in total. The summed E-state index contributed by atoms with van der Waals surface area (Å²) in [6.45, 7) is 1.79. The highest BCUT2D eigenvalue weighted by molar-refractivity contribution is 14.1. The van der Waals surface area contributed by atoms with Crippen molar-refractivity contribution in [3.05, 3.63) is 61.7 Å². The van der Waals surface area contributed by atoms with Crippen LogP contribution in [0.5, 0.6) is 0 Å². The van der Waals surface area contributed by atoms with Crippen molar-refractivity contribution in [3.63, 3.8) is 0 Å². The van der Waals surface area contributed by atoms with E-state index in [-0.39, 0.29) is 22.9 Å². The summed E-state index contributed by atoms with van der Waals surface area (Å²) in [5, 5.41) is 4.50. The van der Waals surface area contributed by atoms with Crippen molar-refractivity contribution < 1.29 is 35.9 Å². The minimum Gasteiger partial charge on any atom is -0.349 e. The summed E-state index contributed by atoms with van der Waals surface area (Å²) in [5.41, 5.74) is -6.58. The molecule has 0 aliphatic rings. The number of rotatable bonds is 8. The third-order valence-corrected chi connectivity index (χ3v) is 6.68. The maximum Gasteiger partial charge on any atom is 0.432 e. The number of alkyl halides is 6. The van der Waals surface area contributed by atoms with Gasteiger partial charge in [-0.05, 0) is 60.0 Å². The number of anilines is 1. The zero-order valence-corrected chi connectivity index (χ0v) is 21.3.